The van der Waals surface area contributed by atoms with Gasteiger partial charge in [0, 0.05) is 42.8 Å². The smallest absolute Gasteiger partial charge is 0.252 e. The number of hydrogen-bond donors (Lipinski definition) is 3. The van der Waals surface area contributed by atoms with E-state index in [0.717, 1.165) is 85.9 Å². The second kappa shape index (κ2) is 8.76. The summed E-state index contributed by atoms with van der Waals surface area (Å²) in [5.41, 5.74) is 8.90. The summed E-state index contributed by atoms with van der Waals surface area (Å²) in [6.07, 6.45) is 6.61. The molecule has 8 heteroatoms. The number of aromatic amines is 1. The Morgan fingerprint density at radius 2 is 2.00 bits per heavy atom. The Labute approximate surface area is 211 Å². The maximum Gasteiger partial charge on any atom is 0.252 e. The molecule has 3 fully saturated rings. The number of amides is 2. The third kappa shape index (κ3) is 3.74. The molecule has 0 saturated carbocycles. The number of rotatable bonds is 4. The van der Waals surface area contributed by atoms with Crippen molar-refractivity contribution >= 4 is 39.4 Å². The number of benzene rings is 1. The number of pyridine rings is 1. The summed E-state index contributed by atoms with van der Waals surface area (Å²) < 4.78 is 0. The average Bonchev–Trinajstić information content (AvgIpc) is 3.43. The Hall–Kier alpha value is -3.13. The van der Waals surface area contributed by atoms with E-state index in [-0.39, 0.29) is 11.3 Å². The van der Waals surface area contributed by atoms with Gasteiger partial charge in [-0.2, -0.15) is 0 Å². The van der Waals surface area contributed by atoms with Gasteiger partial charge in [0.15, 0.2) is 0 Å². The number of carbonyl (C=O) groups is 2. The number of piperidine rings is 2. The number of nitrogens with zero attached hydrogens (tertiary/aromatic N) is 3. The van der Waals surface area contributed by atoms with Crippen molar-refractivity contribution in [2.24, 2.45) is 11.1 Å². The maximum absolute atomic E-state index is 12.7. The maximum atomic E-state index is 12.7. The van der Waals surface area contributed by atoms with Crippen LogP contribution in [-0.2, 0) is 4.79 Å². The number of hydrogen-bond acceptors (Lipinski definition) is 5. The molecule has 190 valence electrons. The Morgan fingerprint density at radius 1 is 1.19 bits per heavy atom. The Bertz CT molecular complexity index is 1340. The SMILES string of the molecule is CC(C)N1CCC(c2ccc3c(c2)[nH]c2c(C(N)=O)cnc(N4CCC[C@@]5(CCNC5=O)C4)c23)CC1. The largest absolute Gasteiger partial charge is 0.365 e. The zero-order chi connectivity index (χ0) is 25.0. The van der Waals surface area contributed by atoms with E-state index < -0.39 is 5.91 Å². The van der Waals surface area contributed by atoms with Crippen molar-refractivity contribution in [3.8, 4) is 0 Å². The molecule has 3 aliphatic rings. The highest BCUT2D eigenvalue weighted by atomic mass is 16.2. The van der Waals surface area contributed by atoms with Crippen molar-refractivity contribution in [1.29, 1.82) is 0 Å². The quantitative estimate of drug-likeness (QED) is 0.521. The van der Waals surface area contributed by atoms with Crippen LogP contribution in [0.1, 0.15) is 67.8 Å². The molecule has 3 saturated heterocycles. The van der Waals surface area contributed by atoms with Crippen LogP contribution >= 0.6 is 0 Å². The van der Waals surface area contributed by atoms with E-state index in [4.69, 9.17) is 10.7 Å². The number of fused-ring (bicyclic) bond motifs is 3. The average molecular weight is 489 g/mol. The van der Waals surface area contributed by atoms with Gasteiger partial charge in [-0.3, -0.25) is 9.59 Å². The monoisotopic (exact) mass is 488 g/mol. The van der Waals surface area contributed by atoms with Crippen LogP contribution in [0.2, 0.25) is 0 Å². The lowest BCUT2D eigenvalue weighted by Gasteiger charge is -2.39. The lowest BCUT2D eigenvalue weighted by Crippen LogP contribution is -2.47. The van der Waals surface area contributed by atoms with Gasteiger partial charge >= 0.3 is 0 Å². The van der Waals surface area contributed by atoms with Gasteiger partial charge in [-0.05, 0) is 76.6 Å². The molecule has 0 radical (unpaired) electrons. The van der Waals surface area contributed by atoms with Gasteiger partial charge in [0.05, 0.1) is 21.9 Å². The summed E-state index contributed by atoms with van der Waals surface area (Å²) >= 11 is 0. The van der Waals surface area contributed by atoms with Crippen LogP contribution in [0, 0.1) is 5.41 Å². The highest BCUT2D eigenvalue weighted by molar-refractivity contribution is 6.18. The molecule has 2 amide bonds. The summed E-state index contributed by atoms with van der Waals surface area (Å²) in [5.74, 6) is 1.03. The Morgan fingerprint density at radius 3 is 2.69 bits per heavy atom. The first-order valence-corrected chi connectivity index (χ1v) is 13.4. The summed E-state index contributed by atoms with van der Waals surface area (Å²) in [7, 11) is 0. The number of aromatic nitrogens is 2. The molecule has 8 nitrogen and oxygen atoms in total. The Kier molecular flexibility index (Phi) is 5.67. The first-order valence-electron chi connectivity index (χ1n) is 13.4. The van der Waals surface area contributed by atoms with Crippen molar-refractivity contribution < 1.29 is 9.59 Å². The molecule has 36 heavy (non-hydrogen) atoms. The predicted octanol–water partition coefficient (Wildman–Crippen LogP) is 3.51. The molecule has 1 aromatic carbocycles. The topological polar surface area (TPSA) is 107 Å². The summed E-state index contributed by atoms with van der Waals surface area (Å²) in [6, 6.07) is 7.26. The van der Waals surface area contributed by atoms with E-state index >= 15 is 0 Å². The lowest BCUT2D eigenvalue weighted by atomic mass is 9.78. The number of carbonyl (C=O) groups excluding carboxylic acids is 2. The molecule has 3 aliphatic heterocycles. The van der Waals surface area contributed by atoms with E-state index in [1.807, 2.05) is 0 Å². The van der Waals surface area contributed by atoms with Gasteiger partial charge in [-0.25, -0.2) is 4.98 Å². The van der Waals surface area contributed by atoms with Gasteiger partial charge in [0.2, 0.25) is 5.91 Å². The second-order valence-electron chi connectivity index (χ2n) is 11.3. The van der Waals surface area contributed by atoms with E-state index in [1.54, 1.807) is 6.20 Å². The number of likely N-dealkylation sites (tertiary alicyclic amines) is 1. The van der Waals surface area contributed by atoms with Crippen LogP contribution in [0.15, 0.2) is 24.4 Å². The van der Waals surface area contributed by atoms with Crippen LogP contribution in [0.5, 0.6) is 0 Å². The molecule has 3 aromatic rings. The molecule has 2 aromatic heterocycles. The lowest BCUT2D eigenvalue weighted by molar-refractivity contribution is -0.128. The molecule has 0 bridgehead atoms. The van der Waals surface area contributed by atoms with Crippen molar-refractivity contribution in [1.82, 2.24) is 20.2 Å². The zero-order valence-electron chi connectivity index (χ0n) is 21.3. The van der Waals surface area contributed by atoms with Gasteiger partial charge < -0.3 is 25.8 Å². The van der Waals surface area contributed by atoms with E-state index in [2.05, 4.69) is 52.1 Å². The molecular weight excluding hydrogens is 452 g/mol. The van der Waals surface area contributed by atoms with Crippen molar-refractivity contribution in [2.75, 3.05) is 37.6 Å². The zero-order valence-corrected chi connectivity index (χ0v) is 21.3. The van der Waals surface area contributed by atoms with Gasteiger partial charge in [-0.1, -0.05) is 12.1 Å². The second-order valence-corrected chi connectivity index (χ2v) is 11.3. The van der Waals surface area contributed by atoms with Gasteiger partial charge in [0.1, 0.15) is 5.82 Å². The van der Waals surface area contributed by atoms with Crippen LogP contribution < -0.4 is 16.0 Å². The number of anilines is 1. The molecule has 6 rings (SSSR count). The molecule has 5 heterocycles. The number of primary amides is 1. The first-order chi connectivity index (χ1) is 17.4. The number of nitrogens with two attached hydrogens (primary N) is 1. The van der Waals surface area contributed by atoms with Crippen LogP contribution in [0.3, 0.4) is 0 Å². The van der Waals surface area contributed by atoms with Crippen molar-refractivity contribution in [3.63, 3.8) is 0 Å². The normalized spacial score (nSPS) is 23.9. The van der Waals surface area contributed by atoms with Crippen LogP contribution in [-0.4, -0.2) is 65.4 Å². The molecule has 0 aliphatic carbocycles. The summed E-state index contributed by atoms with van der Waals surface area (Å²) in [6.45, 7) is 9.00. The predicted molar refractivity (Wildman–Crippen MR) is 142 cm³/mol. The Balaban J connectivity index is 1.41. The minimum Gasteiger partial charge on any atom is -0.365 e. The van der Waals surface area contributed by atoms with Gasteiger partial charge in [0.25, 0.3) is 5.91 Å². The minimum atomic E-state index is -0.489. The fraction of sp³-hybridized carbons (Fsp3) is 0.536. The molecule has 1 atom stereocenters. The van der Waals surface area contributed by atoms with Crippen molar-refractivity contribution in [3.05, 3.63) is 35.5 Å². The minimum absolute atomic E-state index is 0.157. The van der Waals surface area contributed by atoms with Crippen molar-refractivity contribution in [2.45, 2.75) is 57.9 Å². The van der Waals surface area contributed by atoms with E-state index in [1.165, 1.54) is 5.56 Å². The molecular formula is C28H36N6O2. The highest BCUT2D eigenvalue weighted by Crippen LogP contribution is 2.42. The summed E-state index contributed by atoms with van der Waals surface area (Å²) in [5, 5.41) is 5.01. The first kappa shape index (κ1) is 23.3. The molecule has 1 spiro atoms. The van der Waals surface area contributed by atoms with Gasteiger partial charge in [-0.15, -0.1) is 0 Å². The van der Waals surface area contributed by atoms with E-state index in [0.29, 0.717) is 24.1 Å². The number of H-pyrrole nitrogens is 1. The fourth-order valence-electron chi connectivity index (χ4n) is 6.75. The molecule has 0 unspecified atom stereocenters. The summed E-state index contributed by atoms with van der Waals surface area (Å²) in [4.78, 5) is 38.1. The van der Waals surface area contributed by atoms with E-state index in [9.17, 15) is 9.59 Å². The molecule has 4 N–H and O–H groups in total. The van der Waals surface area contributed by atoms with Crippen LogP contribution in [0.4, 0.5) is 5.82 Å². The van der Waals surface area contributed by atoms with Crippen LogP contribution in [0.25, 0.3) is 21.8 Å². The number of nitrogens with one attached hydrogen (secondary N) is 2. The standard InChI is InChI=1S/C28H36N6O2/c1-17(2)33-12-6-18(7-13-33)19-4-5-20-22(14-19)32-24-21(25(29)35)15-31-26(23(20)24)34-11-3-8-28(16-34)9-10-30-27(28)36/h4-5,14-15,17-18,32H,3,6-13,16H2,1-2H3,(H2,29,35)(H,30,36)/t28-/m1/s1. The third-order valence-corrected chi connectivity index (χ3v) is 8.88. The third-order valence-electron chi connectivity index (χ3n) is 8.88. The fourth-order valence-corrected chi connectivity index (χ4v) is 6.75. The highest BCUT2D eigenvalue weighted by Gasteiger charge is 2.45.